The SMILES string of the molecule is CC(C)c1nc(CN2Cc3cnn(CCO)c3C2)co1. The van der Waals surface area contributed by atoms with Gasteiger partial charge in [-0.05, 0) is 0 Å². The van der Waals surface area contributed by atoms with Gasteiger partial charge in [0.1, 0.15) is 6.26 Å². The Balaban J connectivity index is 1.66. The van der Waals surface area contributed by atoms with Crippen LogP contribution in [0.4, 0.5) is 0 Å². The summed E-state index contributed by atoms with van der Waals surface area (Å²) in [5.41, 5.74) is 3.41. The second kappa shape index (κ2) is 5.38. The van der Waals surface area contributed by atoms with Crippen molar-refractivity contribution in [1.29, 1.82) is 0 Å². The quantitative estimate of drug-likeness (QED) is 0.896. The standard InChI is InChI=1S/C14H20N4O2/c1-10(2)14-16-12(9-20-14)7-17-6-11-5-15-18(3-4-19)13(11)8-17/h5,9-10,19H,3-4,6-8H2,1-2H3. The average molecular weight is 276 g/mol. The van der Waals surface area contributed by atoms with Crippen molar-refractivity contribution in [3.8, 4) is 0 Å². The minimum Gasteiger partial charge on any atom is -0.448 e. The smallest absolute Gasteiger partial charge is 0.196 e. The van der Waals surface area contributed by atoms with E-state index in [4.69, 9.17) is 9.52 Å². The topological polar surface area (TPSA) is 67.3 Å². The van der Waals surface area contributed by atoms with Crippen LogP contribution in [-0.2, 0) is 26.2 Å². The molecule has 1 aliphatic heterocycles. The van der Waals surface area contributed by atoms with Crippen LogP contribution < -0.4 is 0 Å². The predicted molar refractivity (Wildman–Crippen MR) is 72.9 cm³/mol. The van der Waals surface area contributed by atoms with Gasteiger partial charge in [0.05, 0.1) is 30.7 Å². The van der Waals surface area contributed by atoms with Crippen LogP contribution in [0.25, 0.3) is 0 Å². The molecular weight excluding hydrogens is 256 g/mol. The number of fused-ring (bicyclic) bond motifs is 1. The summed E-state index contributed by atoms with van der Waals surface area (Å²) in [6.07, 6.45) is 3.64. The van der Waals surface area contributed by atoms with E-state index in [1.54, 1.807) is 6.26 Å². The lowest BCUT2D eigenvalue weighted by Crippen LogP contribution is -2.18. The second-order valence-electron chi connectivity index (χ2n) is 5.54. The number of aliphatic hydroxyl groups excluding tert-OH is 1. The summed E-state index contributed by atoms with van der Waals surface area (Å²) in [6.45, 7) is 7.34. The Hall–Kier alpha value is -1.66. The minimum atomic E-state index is 0.120. The molecule has 0 fully saturated rings. The molecule has 0 unspecified atom stereocenters. The maximum Gasteiger partial charge on any atom is 0.196 e. The third-order valence-corrected chi connectivity index (χ3v) is 3.56. The molecule has 0 saturated carbocycles. The summed E-state index contributed by atoms with van der Waals surface area (Å²) in [6, 6.07) is 0. The number of oxazole rings is 1. The van der Waals surface area contributed by atoms with Crippen LogP contribution in [0, 0.1) is 0 Å². The Bertz CT molecular complexity index is 588. The highest BCUT2D eigenvalue weighted by Gasteiger charge is 2.24. The lowest BCUT2D eigenvalue weighted by atomic mass is 10.2. The molecule has 6 nitrogen and oxygen atoms in total. The Morgan fingerprint density at radius 3 is 2.95 bits per heavy atom. The van der Waals surface area contributed by atoms with Crippen molar-refractivity contribution in [2.75, 3.05) is 6.61 Å². The first-order valence-corrected chi connectivity index (χ1v) is 6.98. The fourth-order valence-electron chi connectivity index (χ4n) is 2.56. The number of nitrogens with zero attached hydrogens (tertiary/aromatic N) is 4. The molecule has 1 N–H and O–H groups in total. The van der Waals surface area contributed by atoms with Crippen molar-refractivity contribution in [1.82, 2.24) is 19.7 Å². The number of hydrogen-bond donors (Lipinski definition) is 1. The van der Waals surface area contributed by atoms with Gasteiger partial charge in [-0.15, -0.1) is 0 Å². The van der Waals surface area contributed by atoms with E-state index in [0.717, 1.165) is 31.2 Å². The number of aliphatic hydroxyl groups is 1. The molecule has 2 aromatic rings. The molecule has 2 aromatic heterocycles. The summed E-state index contributed by atoms with van der Waals surface area (Å²) < 4.78 is 7.36. The average Bonchev–Trinajstić information content (AvgIpc) is 3.08. The number of hydrogen-bond acceptors (Lipinski definition) is 5. The van der Waals surface area contributed by atoms with Gasteiger partial charge in [0.2, 0.25) is 0 Å². The molecule has 0 spiro atoms. The lowest BCUT2D eigenvalue weighted by molar-refractivity contribution is 0.249. The van der Waals surface area contributed by atoms with Gasteiger partial charge < -0.3 is 9.52 Å². The molecule has 0 bridgehead atoms. The number of rotatable bonds is 5. The summed E-state index contributed by atoms with van der Waals surface area (Å²) >= 11 is 0. The molecule has 3 rings (SSSR count). The third kappa shape index (κ3) is 2.48. The maximum atomic E-state index is 9.03. The maximum absolute atomic E-state index is 9.03. The van der Waals surface area contributed by atoms with Gasteiger partial charge in [-0.2, -0.15) is 5.10 Å². The van der Waals surface area contributed by atoms with E-state index < -0.39 is 0 Å². The van der Waals surface area contributed by atoms with Gasteiger partial charge in [-0.3, -0.25) is 9.58 Å². The molecule has 1 aliphatic rings. The zero-order valence-electron chi connectivity index (χ0n) is 11.9. The molecule has 0 atom stereocenters. The van der Waals surface area contributed by atoms with Crippen LogP contribution in [0.15, 0.2) is 16.9 Å². The van der Waals surface area contributed by atoms with E-state index in [1.807, 2.05) is 10.9 Å². The van der Waals surface area contributed by atoms with Gasteiger partial charge in [0.15, 0.2) is 5.89 Å². The Kier molecular flexibility index (Phi) is 3.58. The minimum absolute atomic E-state index is 0.120. The highest BCUT2D eigenvalue weighted by atomic mass is 16.3. The predicted octanol–water partition coefficient (Wildman–Crippen LogP) is 1.50. The summed E-state index contributed by atoms with van der Waals surface area (Å²) in [7, 11) is 0. The second-order valence-corrected chi connectivity index (χ2v) is 5.54. The molecular formula is C14H20N4O2. The normalized spacial score (nSPS) is 15.2. The molecule has 6 heteroatoms. The molecule has 0 saturated heterocycles. The van der Waals surface area contributed by atoms with Crippen LogP contribution in [0.3, 0.4) is 0 Å². The van der Waals surface area contributed by atoms with Gasteiger partial charge in [-0.25, -0.2) is 4.98 Å². The fraction of sp³-hybridized carbons (Fsp3) is 0.571. The van der Waals surface area contributed by atoms with E-state index in [2.05, 4.69) is 28.8 Å². The van der Waals surface area contributed by atoms with Gasteiger partial charge in [-0.1, -0.05) is 13.8 Å². The Labute approximate surface area is 118 Å². The number of aromatic nitrogens is 3. The summed E-state index contributed by atoms with van der Waals surface area (Å²) in [5, 5.41) is 13.3. The van der Waals surface area contributed by atoms with Crippen LogP contribution in [0.5, 0.6) is 0 Å². The largest absolute Gasteiger partial charge is 0.448 e. The van der Waals surface area contributed by atoms with Crippen molar-refractivity contribution in [2.45, 2.75) is 45.9 Å². The zero-order valence-corrected chi connectivity index (χ0v) is 11.9. The van der Waals surface area contributed by atoms with E-state index in [0.29, 0.717) is 12.5 Å². The van der Waals surface area contributed by atoms with E-state index >= 15 is 0 Å². The summed E-state index contributed by atoms with van der Waals surface area (Å²) in [5.74, 6) is 1.11. The van der Waals surface area contributed by atoms with Crippen LogP contribution in [0.2, 0.25) is 0 Å². The first-order chi connectivity index (χ1) is 9.67. The lowest BCUT2D eigenvalue weighted by Gasteiger charge is -2.13. The highest BCUT2D eigenvalue weighted by Crippen LogP contribution is 2.24. The molecule has 0 aromatic carbocycles. The Morgan fingerprint density at radius 1 is 1.40 bits per heavy atom. The third-order valence-electron chi connectivity index (χ3n) is 3.56. The van der Waals surface area contributed by atoms with Crippen LogP contribution in [-0.4, -0.2) is 31.4 Å². The van der Waals surface area contributed by atoms with Crippen molar-refractivity contribution >= 4 is 0 Å². The molecule has 0 aliphatic carbocycles. The van der Waals surface area contributed by atoms with E-state index in [1.165, 1.54) is 11.3 Å². The van der Waals surface area contributed by atoms with Crippen molar-refractivity contribution in [3.63, 3.8) is 0 Å². The molecule has 0 radical (unpaired) electrons. The van der Waals surface area contributed by atoms with Crippen molar-refractivity contribution in [2.24, 2.45) is 0 Å². The van der Waals surface area contributed by atoms with Crippen LogP contribution >= 0.6 is 0 Å². The van der Waals surface area contributed by atoms with Gasteiger partial charge in [0, 0.05) is 31.1 Å². The fourth-order valence-corrected chi connectivity index (χ4v) is 2.56. The van der Waals surface area contributed by atoms with Gasteiger partial charge >= 0.3 is 0 Å². The molecule has 3 heterocycles. The molecule has 20 heavy (non-hydrogen) atoms. The van der Waals surface area contributed by atoms with E-state index in [9.17, 15) is 0 Å². The van der Waals surface area contributed by atoms with Crippen molar-refractivity contribution in [3.05, 3.63) is 35.3 Å². The van der Waals surface area contributed by atoms with Gasteiger partial charge in [0.25, 0.3) is 0 Å². The summed E-state index contributed by atoms with van der Waals surface area (Å²) in [4.78, 5) is 6.82. The monoisotopic (exact) mass is 276 g/mol. The highest BCUT2D eigenvalue weighted by molar-refractivity contribution is 5.22. The molecule has 0 amide bonds. The first kappa shape index (κ1) is 13.3. The zero-order chi connectivity index (χ0) is 14.1. The van der Waals surface area contributed by atoms with Crippen molar-refractivity contribution < 1.29 is 9.52 Å². The Morgan fingerprint density at radius 2 is 2.25 bits per heavy atom. The first-order valence-electron chi connectivity index (χ1n) is 6.98. The molecule has 108 valence electrons. The van der Waals surface area contributed by atoms with Crippen LogP contribution in [0.1, 0.15) is 42.6 Å². The van der Waals surface area contributed by atoms with E-state index in [-0.39, 0.29) is 6.61 Å².